The van der Waals surface area contributed by atoms with Crippen LogP contribution in [-0.2, 0) is 0 Å². The van der Waals surface area contributed by atoms with Gasteiger partial charge in [-0.2, -0.15) is 0 Å². The molecule has 166 valence electrons. The van der Waals surface area contributed by atoms with Crippen LogP contribution in [0, 0.1) is 12.7 Å². The van der Waals surface area contributed by atoms with Crippen LogP contribution in [0.4, 0.5) is 10.1 Å². The molecule has 2 aromatic carbocycles. The van der Waals surface area contributed by atoms with Crippen LogP contribution < -0.4 is 5.32 Å². The molecule has 1 amide bonds. The lowest BCUT2D eigenvalue weighted by Crippen LogP contribution is -2.38. The summed E-state index contributed by atoms with van der Waals surface area (Å²) in [5.41, 5.74) is 4.28. The van der Waals surface area contributed by atoms with Gasteiger partial charge in [0, 0.05) is 30.9 Å². The van der Waals surface area contributed by atoms with E-state index in [2.05, 4.69) is 29.4 Å². The van der Waals surface area contributed by atoms with Gasteiger partial charge in [0.15, 0.2) is 0 Å². The van der Waals surface area contributed by atoms with Crippen molar-refractivity contribution in [3.8, 4) is 0 Å². The molecule has 32 heavy (non-hydrogen) atoms. The van der Waals surface area contributed by atoms with Crippen molar-refractivity contribution in [1.29, 1.82) is 0 Å². The van der Waals surface area contributed by atoms with Crippen molar-refractivity contribution in [2.24, 2.45) is 0 Å². The molecule has 0 aliphatic carbocycles. The monoisotopic (exact) mass is 451 g/mol. The van der Waals surface area contributed by atoms with E-state index in [0.717, 1.165) is 35.2 Å². The largest absolute Gasteiger partial charge is 0.378 e. The predicted molar refractivity (Wildman–Crippen MR) is 127 cm³/mol. The Balaban J connectivity index is 1.51. The molecular formula is C26H27ClFN3O. The lowest BCUT2D eigenvalue weighted by molar-refractivity contribution is 0.0713. The lowest BCUT2D eigenvalue weighted by atomic mass is 9.89. The first-order valence-corrected chi connectivity index (χ1v) is 11.3. The highest BCUT2D eigenvalue weighted by molar-refractivity contribution is 6.30. The molecule has 0 radical (unpaired) electrons. The minimum absolute atomic E-state index is 0.00382. The third-order valence-electron chi connectivity index (χ3n) is 6.28. The Kier molecular flexibility index (Phi) is 6.75. The zero-order chi connectivity index (χ0) is 22.7. The molecule has 4 rings (SSSR count). The lowest BCUT2D eigenvalue weighted by Gasteiger charge is -2.33. The van der Waals surface area contributed by atoms with Gasteiger partial charge >= 0.3 is 0 Å². The molecule has 6 heteroatoms. The zero-order valence-corrected chi connectivity index (χ0v) is 19.1. The van der Waals surface area contributed by atoms with E-state index in [1.165, 1.54) is 12.1 Å². The first-order chi connectivity index (χ1) is 15.4. The third-order valence-corrected chi connectivity index (χ3v) is 6.66. The van der Waals surface area contributed by atoms with Crippen molar-refractivity contribution in [2.75, 3.05) is 18.4 Å². The minimum atomic E-state index is -0.225. The van der Waals surface area contributed by atoms with Crippen LogP contribution in [0.1, 0.15) is 58.8 Å². The van der Waals surface area contributed by atoms with E-state index in [1.54, 1.807) is 6.20 Å². The number of amides is 1. The Morgan fingerprint density at radius 1 is 1.12 bits per heavy atom. The standard InChI is InChI=1S/C26H27ClFN3O/c1-17-24(30-18(2)19-6-4-3-5-7-19)23(16-29-25(17)27)26(32)31-14-12-21(13-15-31)20-8-10-22(28)11-9-20/h3-11,16,18,21H,12-15H2,1-2H3,(H,29,30). The van der Waals surface area contributed by atoms with Gasteiger partial charge in [0.1, 0.15) is 11.0 Å². The van der Waals surface area contributed by atoms with E-state index in [4.69, 9.17) is 11.6 Å². The molecule has 1 unspecified atom stereocenters. The average Bonchev–Trinajstić information content (AvgIpc) is 2.83. The van der Waals surface area contributed by atoms with Gasteiger partial charge in [-0.15, -0.1) is 0 Å². The summed E-state index contributed by atoms with van der Waals surface area (Å²) in [5, 5.41) is 3.88. The molecule has 0 bridgehead atoms. The smallest absolute Gasteiger partial charge is 0.257 e. The summed E-state index contributed by atoms with van der Waals surface area (Å²) in [6.07, 6.45) is 3.27. The average molecular weight is 452 g/mol. The van der Waals surface area contributed by atoms with Crippen molar-refractivity contribution in [1.82, 2.24) is 9.88 Å². The van der Waals surface area contributed by atoms with E-state index in [9.17, 15) is 9.18 Å². The van der Waals surface area contributed by atoms with Crippen LogP contribution in [0.2, 0.25) is 5.15 Å². The molecular weight excluding hydrogens is 425 g/mol. The van der Waals surface area contributed by atoms with Crippen molar-refractivity contribution >= 4 is 23.2 Å². The highest BCUT2D eigenvalue weighted by Crippen LogP contribution is 2.33. The molecule has 1 aromatic heterocycles. The zero-order valence-electron chi connectivity index (χ0n) is 18.3. The highest BCUT2D eigenvalue weighted by Gasteiger charge is 2.27. The SMILES string of the molecule is Cc1c(Cl)ncc(C(=O)N2CCC(c3ccc(F)cc3)CC2)c1NC(C)c1ccccc1. The summed E-state index contributed by atoms with van der Waals surface area (Å²) >= 11 is 6.30. The summed E-state index contributed by atoms with van der Waals surface area (Å²) in [4.78, 5) is 19.6. The van der Waals surface area contributed by atoms with Gasteiger partial charge in [-0.3, -0.25) is 4.79 Å². The summed E-state index contributed by atoms with van der Waals surface area (Å²) < 4.78 is 13.2. The normalized spacial score (nSPS) is 15.4. The number of anilines is 1. The van der Waals surface area contributed by atoms with Crippen molar-refractivity contribution in [3.05, 3.63) is 94.0 Å². The van der Waals surface area contributed by atoms with Gasteiger partial charge in [0.05, 0.1) is 11.3 Å². The number of carbonyl (C=O) groups excluding carboxylic acids is 1. The first kappa shape index (κ1) is 22.3. The molecule has 0 spiro atoms. The number of halogens is 2. The summed E-state index contributed by atoms with van der Waals surface area (Å²) in [7, 11) is 0. The number of benzene rings is 2. The second-order valence-corrected chi connectivity index (χ2v) is 8.72. The molecule has 1 fully saturated rings. The maximum atomic E-state index is 13.4. The molecule has 3 aromatic rings. The molecule has 4 nitrogen and oxygen atoms in total. The van der Waals surface area contributed by atoms with E-state index in [1.807, 2.05) is 42.2 Å². The fourth-order valence-corrected chi connectivity index (χ4v) is 4.44. The maximum Gasteiger partial charge on any atom is 0.257 e. The fraction of sp³-hybridized carbons (Fsp3) is 0.308. The Labute approximate surface area is 193 Å². The summed E-state index contributed by atoms with van der Waals surface area (Å²) in [6.45, 7) is 5.24. The van der Waals surface area contributed by atoms with Crippen molar-refractivity contribution < 1.29 is 9.18 Å². The van der Waals surface area contributed by atoms with E-state index < -0.39 is 0 Å². The number of rotatable bonds is 5. The second-order valence-electron chi connectivity index (χ2n) is 8.36. The number of hydrogen-bond acceptors (Lipinski definition) is 3. The van der Waals surface area contributed by atoms with Crippen molar-refractivity contribution in [3.63, 3.8) is 0 Å². The number of aromatic nitrogens is 1. The molecule has 1 atom stereocenters. The van der Waals surface area contributed by atoms with Gasteiger partial charge in [-0.1, -0.05) is 54.1 Å². The quantitative estimate of drug-likeness (QED) is 0.458. The predicted octanol–water partition coefficient (Wildman–Crippen LogP) is 6.38. The molecule has 2 heterocycles. The van der Waals surface area contributed by atoms with Crippen LogP contribution in [0.25, 0.3) is 0 Å². The number of nitrogens with zero attached hydrogens (tertiary/aromatic N) is 2. The topological polar surface area (TPSA) is 45.2 Å². The second kappa shape index (κ2) is 9.70. The van der Waals surface area contributed by atoms with E-state index >= 15 is 0 Å². The van der Waals surface area contributed by atoms with Crippen LogP contribution in [0.3, 0.4) is 0 Å². The number of carbonyl (C=O) groups is 1. The molecule has 0 saturated carbocycles. The maximum absolute atomic E-state index is 13.4. The minimum Gasteiger partial charge on any atom is -0.378 e. The number of likely N-dealkylation sites (tertiary alicyclic amines) is 1. The molecule has 1 N–H and O–H groups in total. The Hall–Kier alpha value is -2.92. The number of hydrogen-bond donors (Lipinski definition) is 1. The van der Waals surface area contributed by atoms with Crippen LogP contribution >= 0.6 is 11.6 Å². The molecule has 1 aliphatic rings. The van der Waals surface area contributed by atoms with E-state index in [-0.39, 0.29) is 17.8 Å². The number of pyridine rings is 1. The molecule has 1 aliphatic heterocycles. The fourth-order valence-electron chi connectivity index (χ4n) is 4.30. The van der Waals surface area contributed by atoms with Gasteiger partial charge in [0.25, 0.3) is 5.91 Å². The van der Waals surface area contributed by atoms with Gasteiger partial charge in [0.2, 0.25) is 0 Å². The third kappa shape index (κ3) is 4.78. The van der Waals surface area contributed by atoms with Gasteiger partial charge < -0.3 is 10.2 Å². The first-order valence-electron chi connectivity index (χ1n) is 11.0. The van der Waals surface area contributed by atoms with Crippen LogP contribution in [-0.4, -0.2) is 28.9 Å². The highest BCUT2D eigenvalue weighted by atomic mass is 35.5. The van der Waals surface area contributed by atoms with Crippen LogP contribution in [0.5, 0.6) is 0 Å². The Morgan fingerprint density at radius 2 is 1.78 bits per heavy atom. The van der Waals surface area contributed by atoms with E-state index in [0.29, 0.717) is 29.7 Å². The number of piperidine rings is 1. The summed E-state index contributed by atoms with van der Waals surface area (Å²) in [6, 6.07) is 16.8. The molecule has 1 saturated heterocycles. The van der Waals surface area contributed by atoms with Gasteiger partial charge in [-0.25, -0.2) is 9.37 Å². The van der Waals surface area contributed by atoms with Gasteiger partial charge in [-0.05, 0) is 55.9 Å². The summed E-state index contributed by atoms with van der Waals surface area (Å²) in [5.74, 6) is 0.0646. The number of nitrogens with one attached hydrogen (secondary N) is 1. The van der Waals surface area contributed by atoms with Crippen LogP contribution in [0.15, 0.2) is 60.8 Å². The van der Waals surface area contributed by atoms with Crippen molar-refractivity contribution in [2.45, 2.75) is 38.6 Å². The Bertz CT molecular complexity index is 1080. The Morgan fingerprint density at radius 3 is 2.44 bits per heavy atom.